The molecule has 1 heterocycles. The third-order valence-corrected chi connectivity index (χ3v) is 3.33. The summed E-state index contributed by atoms with van der Waals surface area (Å²) in [6.07, 6.45) is 0.0879. The third-order valence-electron chi connectivity index (χ3n) is 3.08. The van der Waals surface area contributed by atoms with Gasteiger partial charge in [-0.3, -0.25) is 4.79 Å². The van der Waals surface area contributed by atoms with Crippen LogP contribution in [0, 0.1) is 0 Å². The van der Waals surface area contributed by atoms with Crippen LogP contribution >= 0.6 is 11.6 Å². The lowest BCUT2D eigenvalue weighted by atomic mass is 10.2. The molecule has 0 N–H and O–H groups in total. The Balaban J connectivity index is 1.62. The van der Waals surface area contributed by atoms with Crippen LogP contribution in [0.15, 0.2) is 53.1 Å². The Kier molecular flexibility index (Phi) is 3.88. The molecule has 21 heavy (non-hydrogen) atoms. The number of para-hydroxylation sites is 1. The Bertz CT molecular complexity index is 765. The fraction of sp³-hybridized carbons (Fsp3) is 0.125. The van der Waals surface area contributed by atoms with Crippen molar-refractivity contribution < 1.29 is 14.1 Å². The van der Waals surface area contributed by atoms with Crippen LogP contribution in [0.2, 0.25) is 5.02 Å². The van der Waals surface area contributed by atoms with Crippen LogP contribution in [0.1, 0.15) is 11.3 Å². The van der Waals surface area contributed by atoms with E-state index >= 15 is 0 Å². The van der Waals surface area contributed by atoms with Gasteiger partial charge >= 0.3 is 5.97 Å². The zero-order chi connectivity index (χ0) is 14.7. The molecule has 0 unspecified atom stereocenters. The van der Waals surface area contributed by atoms with Crippen LogP contribution in [0.25, 0.3) is 11.0 Å². The zero-order valence-electron chi connectivity index (χ0n) is 11.1. The minimum atomic E-state index is -0.344. The molecule has 0 aliphatic rings. The van der Waals surface area contributed by atoms with Gasteiger partial charge in [-0.05, 0) is 29.8 Å². The molecule has 0 fully saturated rings. The van der Waals surface area contributed by atoms with Crippen LogP contribution in [-0.4, -0.2) is 11.1 Å². The van der Waals surface area contributed by atoms with Gasteiger partial charge in [-0.15, -0.1) is 0 Å². The maximum absolute atomic E-state index is 11.9. The summed E-state index contributed by atoms with van der Waals surface area (Å²) in [5.41, 5.74) is 2.14. The van der Waals surface area contributed by atoms with E-state index in [9.17, 15) is 4.79 Å². The Morgan fingerprint density at radius 1 is 1.14 bits per heavy atom. The van der Waals surface area contributed by atoms with Gasteiger partial charge in [0.2, 0.25) is 0 Å². The molecule has 0 spiro atoms. The second-order valence-corrected chi connectivity index (χ2v) is 5.03. The van der Waals surface area contributed by atoms with Gasteiger partial charge in [0.15, 0.2) is 5.58 Å². The van der Waals surface area contributed by atoms with Gasteiger partial charge in [-0.25, -0.2) is 0 Å². The summed E-state index contributed by atoms with van der Waals surface area (Å²) in [5, 5.41) is 5.39. The van der Waals surface area contributed by atoms with E-state index in [4.69, 9.17) is 20.9 Å². The molecule has 4 nitrogen and oxygen atoms in total. The second kappa shape index (κ2) is 5.97. The van der Waals surface area contributed by atoms with Crippen LogP contribution in [-0.2, 0) is 22.6 Å². The standard InChI is InChI=1S/C16H12ClNO3/c17-12-7-5-11(6-8-12)10-20-16(19)9-14-13-3-1-2-4-15(13)21-18-14/h1-8H,9-10H2. The number of aromatic nitrogens is 1. The number of halogens is 1. The first-order valence-electron chi connectivity index (χ1n) is 6.46. The molecule has 5 heteroatoms. The molecule has 0 saturated heterocycles. The van der Waals surface area contributed by atoms with E-state index in [0.29, 0.717) is 16.3 Å². The van der Waals surface area contributed by atoms with Crippen molar-refractivity contribution in [1.29, 1.82) is 0 Å². The lowest BCUT2D eigenvalue weighted by Gasteiger charge is -2.04. The van der Waals surface area contributed by atoms with Crippen LogP contribution < -0.4 is 0 Å². The van der Waals surface area contributed by atoms with Gasteiger partial charge in [-0.1, -0.05) is 41.0 Å². The molecule has 0 aliphatic heterocycles. The van der Waals surface area contributed by atoms with Gasteiger partial charge in [0.05, 0.1) is 6.42 Å². The number of fused-ring (bicyclic) bond motifs is 1. The third kappa shape index (κ3) is 3.23. The predicted molar refractivity (Wildman–Crippen MR) is 79.0 cm³/mol. The minimum absolute atomic E-state index is 0.0879. The topological polar surface area (TPSA) is 52.3 Å². The molecule has 0 bridgehead atoms. The number of hydrogen-bond acceptors (Lipinski definition) is 4. The Hall–Kier alpha value is -2.33. The number of esters is 1. The Morgan fingerprint density at radius 3 is 2.71 bits per heavy atom. The maximum Gasteiger partial charge on any atom is 0.312 e. The van der Waals surface area contributed by atoms with Crippen molar-refractivity contribution in [2.45, 2.75) is 13.0 Å². The van der Waals surface area contributed by atoms with Gasteiger partial charge in [0, 0.05) is 10.4 Å². The van der Waals surface area contributed by atoms with Crippen LogP contribution in [0.3, 0.4) is 0 Å². The minimum Gasteiger partial charge on any atom is -0.461 e. The first-order valence-corrected chi connectivity index (χ1v) is 6.83. The molecule has 3 rings (SSSR count). The molecular formula is C16H12ClNO3. The molecule has 0 saturated carbocycles. The number of ether oxygens (including phenoxy) is 1. The number of rotatable bonds is 4. The highest BCUT2D eigenvalue weighted by atomic mass is 35.5. The molecule has 2 aromatic carbocycles. The SMILES string of the molecule is O=C(Cc1noc2ccccc12)OCc1ccc(Cl)cc1. The first-order chi connectivity index (χ1) is 10.2. The summed E-state index contributed by atoms with van der Waals surface area (Å²) in [7, 11) is 0. The smallest absolute Gasteiger partial charge is 0.312 e. The molecule has 3 aromatic rings. The lowest BCUT2D eigenvalue weighted by molar-refractivity contribution is -0.144. The first kappa shape index (κ1) is 13.6. The molecular weight excluding hydrogens is 290 g/mol. The second-order valence-electron chi connectivity index (χ2n) is 4.59. The molecule has 0 aliphatic carbocycles. The van der Waals surface area contributed by atoms with E-state index in [-0.39, 0.29) is 19.0 Å². The predicted octanol–water partition coefficient (Wildman–Crippen LogP) is 3.77. The van der Waals surface area contributed by atoms with Crippen LogP contribution in [0.5, 0.6) is 0 Å². The maximum atomic E-state index is 11.9. The van der Waals surface area contributed by atoms with E-state index in [0.717, 1.165) is 10.9 Å². The molecule has 106 valence electrons. The quantitative estimate of drug-likeness (QED) is 0.688. The highest BCUT2D eigenvalue weighted by Crippen LogP contribution is 2.18. The largest absolute Gasteiger partial charge is 0.461 e. The summed E-state index contributed by atoms with van der Waals surface area (Å²) >= 11 is 5.80. The number of hydrogen-bond donors (Lipinski definition) is 0. The van der Waals surface area contributed by atoms with Crippen molar-refractivity contribution in [3.63, 3.8) is 0 Å². The van der Waals surface area contributed by atoms with Crippen molar-refractivity contribution in [2.24, 2.45) is 0 Å². The molecule has 0 amide bonds. The number of benzene rings is 2. The highest BCUT2D eigenvalue weighted by molar-refractivity contribution is 6.30. The van der Waals surface area contributed by atoms with E-state index < -0.39 is 0 Å². The highest BCUT2D eigenvalue weighted by Gasteiger charge is 2.13. The van der Waals surface area contributed by atoms with Gasteiger partial charge in [0.1, 0.15) is 12.3 Å². The fourth-order valence-corrected chi connectivity index (χ4v) is 2.12. The zero-order valence-corrected chi connectivity index (χ0v) is 11.8. The van der Waals surface area contributed by atoms with Crippen molar-refractivity contribution in [2.75, 3.05) is 0 Å². The van der Waals surface area contributed by atoms with E-state index in [1.807, 2.05) is 36.4 Å². The van der Waals surface area contributed by atoms with Crippen LogP contribution in [0.4, 0.5) is 0 Å². The number of carbonyl (C=O) groups is 1. The molecule has 1 aromatic heterocycles. The van der Waals surface area contributed by atoms with Gasteiger partial charge in [0.25, 0.3) is 0 Å². The summed E-state index contributed by atoms with van der Waals surface area (Å²) in [4.78, 5) is 11.9. The average Bonchev–Trinajstić information content (AvgIpc) is 2.90. The van der Waals surface area contributed by atoms with Crippen molar-refractivity contribution in [1.82, 2.24) is 5.16 Å². The number of nitrogens with zero attached hydrogens (tertiary/aromatic N) is 1. The van der Waals surface area contributed by atoms with Crippen molar-refractivity contribution in [3.05, 3.63) is 64.8 Å². The summed E-state index contributed by atoms with van der Waals surface area (Å²) in [6, 6.07) is 14.6. The van der Waals surface area contributed by atoms with Crippen molar-refractivity contribution in [3.8, 4) is 0 Å². The fourth-order valence-electron chi connectivity index (χ4n) is 2.00. The van der Waals surface area contributed by atoms with Crippen molar-refractivity contribution >= 4 is 28.5 Å². The Labute approximate surface area is 126 Å². The van der Waals surface area contributed by atoms with E-state index in [2.05, 4.69) is 5.16 Å². The molecule has 0 atom stereocenters. The number of carbonyl (C=O) groups excluding carboxylic acids is 1. The summed E-state index contributed by atoms with van der Waals surface area (Å²) in [6.45, 7) is 0.214. The summed E-state index contributed by atoms with van der Waals surface area (Å²) in [5.74, 6) is -0.344. The Morgan fingerprint density at radius 2 is 1.90 bits per heavy atom. The van der Waals surface area contributed by atoms with Gasteiger partial charge in [-0.2, -0.15) is 0 Å². The monoisotopic (exact) mass is 301 g/mol. The summed E-state index contributed by atoms with van der Waals surface area (Å²) < 4.78 is 10.4. The van der Waals surface area contributed by atoms with Gasteiger partial charge < -0.3 is 9.26 Å². The normalized spacial score (nSPS) is 10.7. The lowest BCUT2D eigenvalue weighted by Crippen LogP contribution is -2.08. The van der Waals surface area contributed by atoms with E-state index in [1.54, 1.807) is 12.1 Å². The molecule has 0 radical (unpaired) electrons. The average molecular weight is 302 g/mol. The van der Waals surface area contributed by atoms with E-state index in [1.165, 1.54) is 0 Å².